The van der Waals surface area contributed by atoms with Crippen molar-refractivity contribution in [3.8, 4) is 11.5 Å². The lowest BCUT2D eigenvalue weighted by molar-refractivity contribution is -0.137. The molecule has 2 unspecified atom stereocenters. The SMILES string of the molecule is C=CC(=O)OCCNC(=O)OC(COc1ccc(C(C)CC)cc1)COc1ccccc1C. The van der Waals surface area contributed by atoms with Crippen LogP contribution >= 0.6 is 0 Å². The van der Waals surface area contributed by atoms with Crippen LogP contribution in [0.25, 0.3) is 0 Å². The summed E-state index contributed by atoms with van der Waals surface area (Å²) >= 11 is 0. The fraction of sp³-hybridized carbons (Fsp3) is 0.385. The van der Waals surface area contributed by atoms with E-state index in [1.54, 1.807) is 0 Å². The fourth-order valence-corrected chi connectivity index (χ4v) is 2.89. The topological polar surface area (TPSA) is 83.1 Å². The smallest absolute Gasteiger partial charge is 0.407 e. The molecule has 0 aromatic heterocycles. The first-order valence-corrected chi connectivity index (χ1v) is 11.1. The molecule has 0 aliphatic rings. The summed E-state index contributed by atoms with van der Waals surface area (Å²) in [5, 5.41) is 2.54. The molecule has 0 heterocycles. The van der Waals surface area contributed by atoms with Crippen molar-refractivity contribution in [2.75, 3.05) is 26.4 Å². The minimum Gasteiger partial charge on any atom is -0.490 e. The van der Waals surface area contributed by atoms with E-state index in [2.05, 4.69) is 25.7 Å². The molecule has 2 aromatic rings. The molecule has 7 nitrogen and oxygen atoms in total. The minimum atomic E-state index is -0.658. The molecule has 0 saturated heterocycles. The molecule has 7 heteroatoms. The Bertz CT molecular complexity index is 896. The number of para-hydroxylation sites is 1. The van der Waals surface area contributed by atoms with Crippen molar-refractivity contribution >= 4 is 12.1 Å². The van der Waals surface area contributed by atoms with Gasteiger partial charge in [0.1, 0.15) is 31.3 Å². The molecule has 0 spiro atoms. The predicted molar refractivity (Wildman–Crippen MR) is 127 cm³/mol. The van der Waals surface area contributed by atoms with Crippen molar-refractivity contribution in [3.05, 3.63) is 72.3 Å². The first kappa shape index (κ1) is 25.8. The molecule has 2 rings (SSSR count). The van der Waals surface area contributed by atoms with Crippen LogP contribution in [-0.4, -0.2) is 44.5 Å². The van der Waals surface area contributed by atoms with Crippen LogP contribution < -0.4 is 14.8 Å². The van der Waals surface area contributed by atoms with Gasteiger partial charge in [-0.3, -0.25) is 0 Å². The molecule has 2 aromatic carbocycles. The molecule has 1 N–H and O–H groups in total. The van der Waals surface area contributed by atoms with Gasteiger partial charge in [0.2, 0.25) is 0 Å². The Hall–Kier alpha value is -3.48. The average Bonchev–Trinajstić information content (AvgIpc) is 2.84. The lowest BCUT2D eigenvalue weighted by atomic mass is 9.99. The number of ether oxygens (including phenoxy) is 4. The number of nitrogens with one attached hydrogen (secondary N) is 1. The van der Waals surface area contributed by atoms with Gasteiger partial charge in [-0.1, -0.05) is 50.8 Å². The van der Waals surface area contributed by atoms with E-state index in [1.165, 1.54) is 5.56 Å². The third-order valence-corrected chi connectivity index (χ3v) is 5.07. The normalized spacial score (nSPS) is 12.2. The van der Waals surface area contributed by atoms with E-state index < -0.39 is 18.2 Å². The number of aryl methyl sites for hydroxylation is 1. The van der Waals surface area contributed by atoms with E-state index in [0.29, 0.717) is 17.4 Å². The lowest BCUT2D eigenvalue weighted by Crippen LogP contribution is -2.37. The van der Waals surface area contributed by atoms with Crippen molar-refractivity contribution in [1.82, 2.24) is 5.32 Å². The Balaban J connectivity index is 1.93. The van der Waals surface area contributed by atoms with Gasteiger partial charge in [-0.2, -0.15) is 0 Å². The Morgan fingerprint density at radius 3 is 2.42 bits per heavy atom. The van der Waals surface area contributed by atoms with Crippen molar-refractivity contribution in [3.63, 3.8) is 0 Å². The van der Waals surface area contributed by atoms with Crippen LogP contribution in [0.15, 0.2) is 61.2 Å². The number of hydrogen-bond donors (Lipinski definition) is 1. The zero-order chi connectivity index (χ0) is 24.1. The maximum atomic E-state index is 12.2. The summed E-state index contributed by atoms with van der Waals surface area (Å²) < 4.78 is 22.0. The van der Waals surface area contributed by atoms with Crippen LogP contribution in [0.4, 0.5) is 4.79 Å². The molecular weight excluding hydrogens is 422 g/mol. The Morgan fingerprint density at radius 1 is 1.06 bits per heavy atom. The summed E-state index contributed by atoms with van der Waals surface area (Å²) in [4.78, 5) is 23.3. The van der Waals surface area contributed by atoms with Gasteiger partial charge in [-0.15, -0.1) is 0 Å². The highest BCUT2D eigenvalue weighted by molar-refractivity contribution is 5.81. The quantitative estimate of drug-likeness (QED) is 0.266. The highest BCUT2D eigenvalue weighted by atomic mass is 16.6. The zero-order valence-electron chi connectivity index (χ0n) is 19.5. The molecule has 33 heavy (non-hydrogen) atoms. The number of esters is 1. The summed E-state index contributed by atoms with van der Waals surface area (Å²) in [5.74, 6) is 1.32. The van der Waals surface area contributed by atoms with Crippen molar-refractivity contribution in [1.29, 1.82) is 0 Å². The molecule has 0 bridgehead atoms. The first-order chi connectivity index (χ1) is 15.9. The van der Waals surface area contributed by atoms with Gasteiger partial charge in [-0.05, 0) is 48.6 Å². The molecular formula is C26H33NO6. The van der Waals surface area contributed by atoms with Gasteiger partial charge in [-0.25, -0.2) is 9.59 Å². The van der Waals surface area contributed by atoms with Crippen molar-refractivity contribution in [2.45, 2.75) is 39.2 Å². The second-order valence-corrected chi connectivity index (χ2v) is 7.59. The molecule has 0 fully saturated rings. The largest absolute Gasteiger partial charge is 0.490 e. The van der Waals surface area contributed by atoms with E-state index in [0.717, 1.165) is 18.1 Å². The standard InChI is InChI=1S/C26H33NO6/c1-5-19(3)21-11-13-22(14-12-21)31-17-23(18-32-24-10-8-7-9-20(24)4)33-26(29)27-15-16-30-25(28)6-2/h6-14,19,23H,2,5,15-18H2,1,3-4H3,(H,27,29). The Kier molecular flexibility index (Phi) is 10.8. The molecule has 0 aliphatic heterocycles. The van der Waals surface area contributed by atoms with Crippen molar-refractivity contribution in [2.24, 2.45) is 0 Å². The number of carbonyl (C=O) groups is 2. The summed E-state index contributed by atoms with van der Waals surface area (Å²) in [6.07, 6.45) is 0.812. The molecule has 0 aliphatic carbocycles. The number of benzene rings is 2. The highest BCUT2D eigenvalue weighted by Gasteiger charge is 2.17. The second-order valence-electron chi connectivity index (χ2n) is 7.59. The molecule has 0 saturated carbocycles. The van der Waals surface area contributed by atoms with Crippen molar-refractivity contribution < 1.29 is 28.5 Å². The van der Waals surface area contributed by atoms with Gasteiger partial charge in [0.05, 0.1) is 6.54 Å². The molecule has 178 valence electrons. The van der Waals surface area contributed by atoms with E-state index in [1.807, 2.05) is 55.5 Å². The van der Waals surface area contributed by atoms with Gasteiger partial charge >= 0.3 is 12.1 Å². The summed E-state index contributed by atoms with van der Waals surface area (Å²) in [6, 6.07) is 15.5. The third-order valence-electron chi connectivity index (χ3n) is 5.07. The predicted octanol–water partition coefficient (Wildman–Crippen LogP) is 4.79. The van der Waals surface area contributed by atoms with Gasteiger partial charge in [0.15, 0.2) is 6.10 Å². The summed E-state index contributed by atoms with van der Waals surface area (Å²) in [7, 11) is 0. The van der Waals surface area contributed by atoms with E-state index in [4.69, 9.17) is 18.9 Å². The van der Waals surface area contributed by atoms with Crippen LogP contribution in [0.5, 0.6) is 11.5 Å². The zero-order valence-corrected chi connectivity index (χ0v) is 19.5. The number of amides is 1. The van der Waals surface area contributed by atoms with Crippen LogP contribution in [0.3, 0.4) is 0 Å². The Morgan fingerprint density at radius 2 is 1.76 bits per heavy atom. The number of alkyl carbamates (subject to hydrolysis) is 1. The minimum absolute atomic E-state index is 0.0172. The van der Waals surface area contributed by atoms with E-state index >= 15 is 0 Å². The first-order valence-electron chi connectivity index (χ1n) is 11.1. The van der Waals surface area contributed by atoms with E-state index in [9.17, 15) is 9.59 Å². The monoisotopic (exact) mass is 455 g/mol. The Labute approximate surface area is 195 Å². The molecule has 2 atom stereocenters. The van der Waals surface area contributed by atoms with Crippen LogP contribution in [0.1, 0.15) is 37.3 Å². The fourth-order valence-electron chi connectivity index (χ4n) is 2.89. The number of carbonyl (C=O) groups excluding carboxylic acids is 2. The van der Waals surface area contributed by atoms with Crippen LogP contribution in [0.2, 0.25) is 0 Å². The maximum absolute atomic E-state index is 12.2. The van der Waals surface area contributed by atoms with E-state index in [-0.39, 0.29) is 26.4 Å². The second kappa shape index (κ2) is 13.8. The number of rotatable bonds is 13. The molecule has 1 amide bonds. The third kappa shape index (κ3) is 9.27. The van der Waals surface area contributed by atoms with Crippen LogP contribution in [-0.2, 0) is 14.3 Å². The average molecular weight is 456 g/mol. The summed E-state index contributed by atoms with van der Waals surface area (Å²) in [6.45, 7) is 9.96. The lowest BCUT2D eigenvalue weighted by Gasteiger charge is -2.20. The van der Waals surface area contributed by atoms with Crippen LogP contribution in [0, 0.1) is 6.92 Å². The number of hydrogen-bond acceptors (Lipinski definition) is 6. The van der Waals surface area contributed by atoms with Gasteiger partial charge in [0.25, 0.3) is 0 Å². The van der Waals surface area contributed by atoms with Gasteiger partial charge < -0.3 is 24.3 Å². The molecule has 0 radical (unpaired) electrons. The van der Waals surface area contributed by atoms with Gasteiger partial charge in [0, 0.05) is 6.08 Å². The summed E-state index contributed by atoms with van der Waals surface area (Å²) in [5.41, 5.74) is 2.23. The highest BCUT2D eigenvalue weighted by Crippen LogP contribution is 2.22. The maximum Gasteiger partial charge on any atom is 0.407 e.